The van der Waals surface area contributed by atoms with E-state index in [0.717, 1.165) is 17.3 Å². The minimum atomic E-state index is 0.757. The molecule has 0 bridgehead atoms. The molecule has 13 heavy (non-hydrogen) atoms. The summed E-state index contributed by atoms with van der Waals surface area (Å²) in [5, 5.41) is 0. The Labute approximate surface area is 95.8 Å². The molecule has 76 valence electrons. The van der Waals surface area contributed by atoms with Crippen LogP contribution in [0.3, 0.4) is 0 Å². The largest absolute Gasteiger partial charge is 0.246 e. The fraction of sp³-hybridized carbons (Fsp3) is 1.00. The lowest BCUT2D eigenvalue weighted by molar-refractivity contribution is 0.0247. The van der Waals surface area contributed by atoms with Gasteiger partial charge in [0.15, 0.2) is 0 Å². The van der Waals surface area contributed by atoms with Crippen LogP contribution in [0, 0.1) is 17.3 Å². The van der Waals surface area contributed by atoms with Gasteiger partial charge in [0.1, 0.15) is 0 Å². The summed E-state index contributed by atoms with van der Waals surface area (Å²) >= 11 is 2.46. The maximum atomic E-state index is 2.46. The number of halogens is 1. The van der Waals surface area contributed by atoms with Crippen LogP contribution in [-0.2, 0) is 0 Å². The van der Waals surface area contributed by atoms with E-state index < -0.39 is 0 Å². The first-order valence-corrected chi connectivity index (χ1v) is 6.49. The normalized spacial score (nSPS) is 29.5. The predicted octanol–water partition coefficient (Wildman–Crippen LogP) is 3.48. The van der Waals surface area contributed by atoms with E-state index in [4.69, 9.17) is 0 Å². The molecule has 0 aromatic rings. The molecule has 0 aromatic heterocycles. The highest BCUT2D eigenvalue weighted by Crippen LogP contribution is 2.47. The molecule has 1 aliphatic carbocycles. The lowest BCUT2D eigenvalue weighted by Gasteiger charge is -2.51. The van der Waals surface area contributed by atoms with E-state index in [-0.39, 0.29) is 0 Å². The van der Waals surface area contributed by atoms with E-state index >= 15 is 0 Å². The van der Waals surface area contributed by atoms with Gasteiger partial charge in [-0.05, 0) is 42.9 Å². The maximum absolute atomic E-state index is 2.46. The molecule has 1 spiro atoms. The first-order valence-electron chi connectivity index (χ1n) is 5.52. The third-order valence-corrected chi connectivity index (χ3v) is 4.73. The standard InChI is InChI=1S/C11H20IN/c1-9(2)10-3-5-11(6-4-10)7-13(12)8-11/h9-10H,3-8H2,1-2H3. The van der Waals surface area contributed by atoms with E-state index in [0.29, 0.717) is 0 Å². The summed E-state index contributed by atoms with van der Waals surface area (Å²) in [5.74, 6) is 1.93. The Bertz CT molecular complexity index is 175. The number of nitrogens with zero attached hydrogens (tertiary/aromatic N) is 1. The van der Waals surface area contributed by atoms with Crippen molar-refractivity contribution in [3.63, 3.8) is 0 Å². The molecule has 0 atom stereocenters. The van der Waals surface area contributed by atoms with Crippen LogP contribution in [0.25, 0.3) is 0 Å². The summed E-state index contributed by atoms with van der Waals surface area (Å²) in [7, 11) is 0. The van der Waals surface area contributed by atoms with Crippen LogP contribution in [0.5, 0.6) is 0 Å². The lowest BCUT2D eigenvalue weighted by Crippen LogP contribution is -2.53. The zero-order chi connectivity index (χ0) is 9.47. The average Bonchev–Trinajstić information content (AvgIpc) is 2.03. The van der Waals surface area contributed by atoms with Gasteiger partial charge in [0.25, 0.3) is 0 Å². The van der Waals surface area contributed by atoms with Crippen molar-refractivity contribution >= 4 is 22.9 Å². The van der Waals surface area contributed by atoms with Crippen molar-refractivity contribution in [2.45, 2.75) is 39.5 Å². The molecular formula is C11H20IN. The van der Waals surface area contributed by atoms with Crippen LogP contribution in [0.1, 0.15) is 39.5 Å². The van der Waals surface area contributed by atoms with Gasteiger partial charge in [-0.1, -0.05) is 13.8 Å². The van der Waals surface area contributed by atoms with E-state index in [2.05, 4.69) is 39.8 Å². The van der Waals surface area contributed by atoms with E-state index in [1.54, 1.807) is 0 Å². The number of hydrogen-bond acceptors (Lipinski definition) is 1. The highest BCUT2D eigenvalue weighted by Gasteiger charge is 2.44. The first-order chi connectivity index (χ1) is 6.11. The highest BCUT2D eigenvalue weighted by atomic mass is 127. The van der Waals surface area contributed by atoms with Crippen LogP contribution in [0.4, 0.5) is 0 Å². The van der Waals surface area contributed by atoms with Crippen LogP contribution >= 0.6 is 22.9 Å². The van der Waals surface area contributed by atoms with Crippen LogP contribution in [-0.4, -0.2) is 16.2 Å². The van der Waals surface area contributed by atoms with Crippen molar-refractivity contribution < 1.29 is 0 Å². The van der Waals surface area contributed by atoms with Gasteiger partial charge in [-0.25, -0.2) is 3.11 Å². The fourth-order valence-corrected chi connectivity index (χ4v) is 4.36. The molecule has 0 radical (unpaired) electrons. The van der Waals surface area contributed by atoms with E-state index in [9.17, 15) is 0 Å². The van der Waals surface area contributed by atoms with Gasteiger partial charge in [0, 0.05) is 36.0 Å². The molecular weight excluding hydrogens is 273 g/mol. The third kappa shape index (κ3) is 2.04. The summed E-state index contributed by atoms with van der Waals surface area (Å²) in [6, 6.07) is 0. The minimum absolute atomic E-state index is 0.757. The second-order valence-corrected chi connectivity index (χ2v) is 6.72. The second kappa shape index (κ2) is 3.69. The molecule has 1 aliphatic heterocycles. The summed E-state index contributed by atoms with van der Waals surface area (Å²) in [4.78, 5) is 0. The zero-order valence-corrected chi connectivity index (χ0v) is 10.9. The minimum Gasteiger partial charge on any atom is -0.246 e. The quantitative estimate of drug-likeness (QED) is 0.528. The van der Waals surface area contributed by atoms with Crippen LogP contribution < -0.4 is 0 Å². The molecule has 0 aromatic carbocycles. The van der Waals surface area contributed by atoms with Crippen LogP contribution in [0.2, 0.25) is 0 Å². The van der Waals surface area contributed by atoms with Gasteiger partial charge < -0.3 is 0 Å². The second-order valence-electron chi connectivity index (χ2n) is 5.36. The Morgan fingerprint density at radius 2 is 1.77 bits per heavy atom. The molecule has 2 heteroatoms. The average molecular weight is 293 g/mol. The molecule has 1 saturated carbocycles. The molecule has 0 amide bonds. The van der Waals surface area contributed by atoms with Crippen molar-refractivity contribution in [2.75, 3.05) is 13.1 Å². The zero-order valence-electron chi connectivity index (χ0n) is 8.72. The molecule has 2 aliphatic rings. The molecule has 2 rings (SSSR count). The van der Waals surface area contributed by atoms with Gasteiger partial charge in [0.05, 0.1) is 0 Å². The van der Waals surface area contributed by atoms with Crippen LogP contribution in [0.15, 0.2) is 0 Å². The Kier molecular flexibility index (Phi) is 2.90. The van der Waals surface area contributed by atoms with E-state index in [1.165, 1.54) is 38.8 Å². The Balaban J connectivity index is 1.83. The maximum Gasteiger partial charge on any atom is 0.0201 e. The molecule has 0 unspecified atom stereocenters. The summed E-state index contributed by atoms with van der Waals surface area (Å²) in [6.07, 6.45) is 5.97. The molecule has 0 N–H and O–H groups in total. The highest BCUT2D eigenvalue weighted by molar-refractivity contribution is 14.1. The van der Waals surface area contributed by atoms with Crippen molar-refractivity contribution in [2.24, 2.45) is 17.3 Å². The van der Waals surface area contributed by atoms with E-state index in [1.807, 2.05) is 0 Å². The third-order valence-electron chi connectivity index (χ3n) is 4.05. The summed E-state index contributed by atoms with van der Waals surface area (Å²) in [5.41, 5.74) is 0.757. The molecule has 2 fully saturated rings. The van der Waals surface area contributed by atoms with Crippen molar-refractivity contribution in [1.82, 2.24) is 3.11 Å². The molecule has 1 saturated heterocycles. The number of hydrogen-bond donors (Lipinski definition) is 0. The SMILES string of the molecule is CC(C)C1CCC2(CC1)CN(I)C2. The Morgan fingerprint density at radius 3 is 2.15 bits per heavy atom. The predicted molar refractivity (Wildman–Crippen MR) is 64.8 cm³/mol. The van der Waals surface area contributed by atoms with Gasteiger partial charge in [-0.2, -0.15) is 0 Å². The van der Waals surface area contributed by atoms with Gasteiger partial charge in [-0.15, -0.1) is 0 Å². The first kappa shape index (κ1) is 10.2. The molecule has 1 nitrogen and oxygen atoms in total. The smallest absolute Gasteiger partial charge is 0.0201 e. The molecule has 1 heterocycles. The fourth-order valence-electron chi connectivity index (χ4n) is 2.92. The van der Waals surface area contributed by atoms with Crippen molar-refractivity contribution in [3.05, 3.63) is 0 Å². The topological polar surface area (TPSA) is 3.24 Å². The lowest BCUT2D eigenvalue weighted by atomic mass is 9.65. The van der Waals surface area contributed by atoms with Crippen molar-refractivity contribution in [1.29, 1.82) is 0 Å². The van der Waals surface area contributed by atoms with Gasteiger partial charge >= 0.3 is 0 Å². The van der Waals surface area contributed by atoms with Gasteiger partial charge in [0.2, 0.25) is 0 Å². The summed E-state index contributed by atoms with van der Waals surface area (Å²) < 4.78 is 2.44. The Hall–Kier alpha value is 0.690. The monoisotopic (exact) mass is 293 g/mol. The number of rotatable bonds is 1. The van der Waals surface area contributed by atoms with Gasteiger partial charge in [-0.3, -0.25) is 0 Å². The van der Waals surface area contributed by atoms with Crippen molar-refractivity contribution in [3.8, 4) is 0 Å². The Morgan fingerprint density at radius 1 is 1.23 bits per heavy atom. The summed E-state index contributed by atoms with van der Waals surface area (Å²) in [6.45, 7) is 7.49.